The number of sulfonamides is 1. The molecular formula is C9H18N2O3S. The summed E-state index contributed by atoms with van der Waals surface area (Å²) in [6, 6.07) is -0.555. The van der Waals surface area contributed by atoms with Gasteiger partial charge in [0.25, 0.3) is 0 Å². The normalized spacial score (nSPS) is 24.6. The highest BCUT2D eigenvalue weighted by Crippen LogP contribution is 2.15. The zero-order chi connectivity index (χ0) is 11.6. The van der Waals surface area contributed by atoms with Crippen molar-refractivity contribution in [2.24, 2.45) is 0 Å². The van der Waals surface area contributed by atoms with Gasteiger partial charge in [-0.05, 0) is 13.3 Å². The molecule has 1 heterocycles. The summed E-state index contributed by atoms with van der Waals surface area (Å²) in [5.74, 6) is -0.00476. The van der Waals surface area contributed by atoms with E-state index < -0.39 is 16.1 Å². The number of nitrogens with zero attached hydrogens (tertiary/aromatic N) is 2. The minimum Gasteiger partial charge on any atom is -0.343 e. The van der Waals surface area contributed by atoms with Crippen LogP contribution < -0.4 is 0 Å². The third-order valence-corrected chi connectivity index (χ3v) is 4.78. The van der Waals surface area contributed by atoms with Crippen molar-refractivity contribution in [2.75, 3.05) is 25.9 Å². The largest absolute Gasteiger partial charge is 0.343 e. The summed E-state index contributed by atoms with van der Waals surface area (Å²) in [7, 11) is -1.56. The van der Waals surface area contributed by atoms with Gasteiger partial charge < -0.3 is 4.90 Å². The number of hydrogen-bond donors (Lipinski definition) is 0. The second kappa shape index (κ2) is 4.49. The lowest BCUT2D eigenvalue weighted by Crippen LogP contribution is -2.56. The molecule has 1 aliphatic heterocycles. The number of carbonyl (C=O) groups excluding carboxylic acids is 1. The molecule has 0 saturated carbocycles. The van der Waals surface area contributed by atoms with Crippen LogP contribution in [-0.4, -0.2) is 55.5 Å². The summed E-state index contributed by atoms with van der Waals surface area (Å²) >= 11 is 0. The van der Waals surface area contributed by atoms with Gasteiger partial charge in [0.2, 0.25) is 15.9 Å². The van der Waals surface area contributed by atoms with Crippen molar-refractivity contribution < 1.29 is 13.2 Å². The van der Waals surface area contributed by atoms with E-state index in [-0.39, 0.29) is 11.7 Å². The number of carbonyl (C=O) groups is 1. The molecule has 0 N–H and O–H groups in total. The fourth-order valence-electron chi connectivity index (χ4n) is 1.75. The van der Waals surface area contributed by atoms with E-state index in [1.54, 1.807) is 18.9 Å². The van der Waals surface area contributed by atoms with Crippen molar-refractivity contribution in [2.45, 2.75) is 26.3 Å². The molecule has 1 fully saturated rings. The van der Waals surface area contributed by atoms with Crippen LogP contribution in [0, 0.1) is 0 Å². The first-order valence-corrected chi connectivity index (χ1v) is 6.75. The molecule has 1 rings (SSSR count). The standard InChI is InChI=1S/C9H18N2O3S/c1-4-7-15(13,14)11-6-5-10(3)9(12)8(11)2/h8H,4-7H2,1-3H3. The van der Waals surface area contributed by atoms with Crippen molar-refractivity contribution in [1.82, 2.24) is 9.21 Å². The minimum absolute atomic E-state index is 0.119. The average Bonchev–Trinajstić information content (AvgIpc) is 2.13. The molecule has 15 heavy (non-hydrogen) atoms. The molecule has 0 spiro atoms. The molecule has 5 nitrogen and oxygen atoms in total. The Kier molecular flexibility index (Phi) is 3.72. The Hall–Kier alpha value is -0.620. The number of rotatable bonds is 3. The lowest BCUT2D eigenvalue weighted by molar-refractivity contribution is -0.136. The third kappa shape index (κ3) is 2.49. The average molecular weight is 234 g/mol. The fourth-order valence-corrected chi connectivity index (χ4v) is 3.43. The summed E-state index contributed by atoms with van der Waals surface area (Å²) in [6.07, 6.45) is 0.579. The highest BCUT2D eigenvalue weighted by molar-refractivity contribution is 7.89. The second-order valence-electron chi connectivity index (χ2n) is 3.86. The smallest absolute Gasteiger partial charge is 0.240 e. The lowest BCUT2D eigenvalue weighted by atomic mass is 10.2. The third-order valence-electron chi connectivity index (χ3n) is 2.64. The molecule has 1 amide bonds. The summed E-state index contributed by atoms with van der Waals surface area (Å²) in [6.45, 7) is 4.35. The molecule has 1 saturated heterocycles. The first-order chi connectivity index (χ1) is 6.90. The molecular weight excluding hydrogens is 216 g/mol. The van der Waals surface area contributed by atoms with Crippen LogP contribution in [0.2, 0.25) is 0 Å². The van der Waals surface area contributed by atoms with E-state index in [1.807, 2.05) is 6.92 Å². The van der Waals surface area contributed by atoms with E-state index in [2.05, 4.69) is 0 Å². The first-order valence-electron chi connectivity index (χ1n) is 5.14. The maximum absolute atomic E-state index is 11.8. The number of piperazine rings is 1. The monoisotopic (exact) mass is 234 g/mol. The van der Waals surface area contributed by atoms with E-state index in [4.69, 9.17) is 0 Å². The van der Waals surface area contributed by atoms with Crippen LogP contribution in [0.1, 0.15) is 20.3 Å². The van der Waals surface area contributed by atoms with E-state index in [0.717, 1.165) is 0 Å². The fraction of sp³-hybridized carbons (Fsp3) is 0.889. The highest BCUT2D eigenvalue weighted by atomic mass is 32.2. The molecule has 0 aromatic carbocycles. The Balaban J connectivity index is 2.84. The zero-order valence-electron chi connectivity index (χ0n) is 9.43. The summed E-state index contributed by atoms with van der Waals surface area (Å²) in [5, 5.41) is 0. The van der Waals surface area contributed by atoms with Crippen molar-refractivity contribution in [3.8, 4) is 0 Å². The van der Waals surface area contributed by atoms with Gasteiger partial charge in [-0.3, -0.25) is 4.79 Å². The van der Waals surface area contributed by atoms with E-state index >= 15 is 0 Å². The Morgan fingerprint density at radius 3 is 2.53 bits per heavy atom. The maximum atomic E-state index is 11.8. The number of amides is 1. The first kappa shape index (κ1) is 12.4. The van der Waals surface area contributed by atoms with Gasteiger partial charge in [0.1, 0.15) is 6.04 Å². The lowest BCUT2D eigenvalue weighted by Gasteiger charge is -2.36. The van der Waals surface area contributed by atoms with Gasteiger partial charge in [0.15, 0.2) is 0 Å². The van der Waals surface area contributed by atoms with Gasteiger partial charge in [0, 0.05) is 20.1 Å². The van der Waals surface area contributed by atoms with Gasteiger partial charge in [0.05, 0.1) is 5.75 Å². The summed E-state index contributed by atoms with van der Waals surface area (Å²) in [4.78, 5) is 13.2. The Labute approximate surface area is 91.1 Å². The molecule has 1 aliphatic rings. The summed E-state index contributed by atoms with van der Waals surface area (Å²) in [5.41, 5.74) is 0. The van der Waals surface area contributed by atoms with Crippen LogP contribution in [0.25, 0.3) is 0 Å². The molecule has 1 unspecified atom stereocenters. The van der Waals surface area contributed by atoms with E-state index in [1.165, 1.54) is 4.31 Å². The van der Waals surface area contributed by atoms with E-state index in [9.17, 15) is 13.2 Å². The van der Waals surface area contributed by atoms with Crippen molar-refractivity contribution in [3.63, 3.8) is 0 Å². The molecule has 0 bridgehead atoms. The van der Waals surface area contributed by atoms with Crippen molar-refractivity contribution in [1.29, 1.82) is 0 Å². The van der Waals surface area contributed by atoms with Crippen LogP contribution >= 0.6 is 0 Å². The maximum Gasteiger partial charge on any atom is 0.240 e. The van der Waals surface area contributed by atoms with Crippen molar-refractivity contribution >= 4 is 15.9 Å². The topological polar surface area (TPSA) is 57.7 Å². The number of likely N-dealkylation sites (N-methyl/N-ethyl adjacent to an activating group) is 1. The molecule has 0 aromatic heterocycles. The van der Waals surface area contributed by atoms with Crippen LogP contribution in [0.5, 0.6) is 0 Å². The van der Waals surface area contributed by atoms with Gasteiger partial charge in [-0.25, -0.2) is 8.42 Å². The van der Waals surface area contributed by atoms with Gasteiger partial charge >= 0.3 is 0 Å². The van der Waals surface area contributed by atoms with Crippen molar-refractivity contribution in [3.05, 3.63) is 0 Å². The molecule has 6 heteroatoms. The van der Waals surface area contributed by atoms with Crippen LogP contribution in [0.4, 0.5) is 0 Å². The SMILES string of the molecule is CCCS(=O)(=O)N1CCN(C)C(=O)C1C. The van der Waals surface area contributed by atoms with Crippen LogP contribution in [0.15, 0.2) is 0 Å². The number of hydrogen-bond acceptors (Lipinski definition) is 3. The van der Waals surface area contributed by atoms with Crippen LogP contribution in [-0.2, 0) is 14.8 Å². The summed E-state index contributed by atoms with van der Waals surface area (Å²) < 4.78 is 24.9. The predicted molar refractivity (Wildman–Crippen MR) is 57.9 cm³/mol. The van der Waals surface area contributed by atoms with Gasteiger partial charge in [-0.15, -0.1) is 0 Å². The Bertz CT molecular complexity index is 339. The van der Waals surface area contributed by atoms with Crippen LogP contribution in [0.3, 0.4) is 0 Å². The second-order valence-corrected chi connectivity index (χ2v) is 5.90. The zero-order valence-corrected chi connectivity index (χ0v) is 10.2. The van der Waals surface area contributed by atoms with Gasteiger partial charge in [-0.1, -0.05) is 6.92 Å². The molecule has 88 valence electrons. The van der Waals surface area contributed by atoms with Gasteiger partial charge in [-0.2, -0.15) is 4.31 Å². The Morgan fingerprint density at radius 1 is 1.40 bits per heavy atom. The molecule has 0 aliphatic carbocycles. The predicted octanol–water partition coefficient (Wildman–Crippen LogP) is -0.111. The highest BCUT2D eigenvalue weighted by Gasteiger charge is 2.36. The molecule has 0 aromatic rings. The quantitative estimate of drug-likeness (QED) is 0.684. The van der Waals surface area contributed by atoms with E-state index in [0.29, 0.717) is 19.5 Å². The molecule has 0 radical (unpaired) electrons. The minimum atomic E-state index is -3.25. The molecule has 1 atom stereocenters. The Morgan fingerprint density at radius 2 is 2.00 bits per heavy atom.